The number of fused-ring (bicyclic) bond motifs is 2. The average molecular weight is 472 g/mol. The van der Waals surface area contributed by atoms with Crippen LogP contribution in [0.2, 0.25) is 0 Å². The molecular weight excluding hydrogens is 442 g/mol. The maximum Gasteiger partial charge on any atom is 0.191 e. The highest BCUT2D eigenvalue weighted by molar-refractivity contribution is 7.99. The van der Waals surface area contributed by atoms with Gasteiger partial charge in [-0.3, -0.25) is 4.98 Å². The summed E-state index contributed by atoms with van der Waals surface area (Å²) < 4.78 is 2.10. The molecular formula is C27H29N5OS. The van der Waals surface area contributed by atoms with Crippen molar-refractivity contribution in [3.63, 3.8) is 0 Å². The summed E-state index contributed by atoms with van der Waals surface area (Å²) in [5.41, 5.74) is 4.79. The number of phenolic OH excluding ortho intramolecular Hbond substituents is 1. The monoisotopic (exact) mass is 471 g/mol. The Labute approximate surface area is 204 Å². The third kappa shape index (κ3) is 3.77. The summed E-state index contributed by atoms with van der Waals surface area (Å²) in [6.07, 6.45) is 2.41. The van der Waals surface area contributed by atoms with Crippen molar-refractivity contribution in [1.29, 1.82) is 0 Å². The van der Waals surface area contributed by atoms with Gasteiger partial charge in [-0.2, -0.15) is 0 Å². The van der Waals surface area contributed by atoms with Gasteiger partial charge in [0.2, 0.25) is 0 Å². The van der Waals surface area contributed by atoms with E-state index in [4.69, 9.17) is 0 Å². The van der Waals surface area contributed by atoms with E-state index in [-0.39, 0.29) is 0 Å². The highest BCUT2D eigenvalue weighted by Crippen LogP contribution is 2.59. The van der Waals surface area contributed by atoms with Gasteiger partial charge in [0.1, 0.15) is 5.75 Å². The topological polar surface area (TPSA) is 67.1 Å². The van der Waals surface area contributed by atoms with Crippen LogP contribution < -0.4 is 0 Å². The summed E-state index contributed by atoms with van der Waals surface area (Å²) in [6, 6.07) is 18.2. The minimum absolute atomic E-state index is 0.325. The van der Waals surface area contributed by atoms with Gasteiger partial charge in [0.15, 0.2) is 11.0 Å². The van der Waals surface area contributed by atoms with E-state index in [0.29, 0.717) is 11.2 Å². The van der Waals surface area contributed by atoms with Gasteiger partial charge in [-0.25, -0.2) is 0 Å². The molecule has 6 nitrogen and oxygen atoms in total. The number of hydrogen-bond acceptors (Lipinski definition) is 6. The first-order valence-corrected chi connectivity index (χ1v) is 12.9. The molecule has 7 heteroatoms. The number of benzene rings is 2. The lowest BCUT2D eigenvalue weighted by atomic mass is 9.95. The van der Waals surface area contributed by atoms with Crippen LogP contribution in [-0.4, -0.2) is 55.1 Å². The third-order valence-corrected chi connectivity index (χ3v) is 8.56. The zero-order chi connectivity index (χ0) is 23.3. The first-order valence-electron chi connectivity index (χ1n) is 11.9. The third-order valence-electron chi connectivity index (χ3n) is 7.46. The molecule has 6 rings (SSSR count). The normalized spacial score (nSPS) is 21.8. The maximum absolute atomic E-state index is 9.60. The Hall–Kier alpha value is -2.90. The fourth-order valence-corrected chi connectivity index (χ4v) is 6.41. The molecule has 0 amide bonds. The standard InChI is InChI=1S/C27H29N5OS/c1-18-7-12-22-23(5-3-6-24(22)28-18)25-29-30-26(31(25)2)34-14-4-13-32-16-20-15-27(20,17-32)19-8-10-21(33)11-9-19/h3,5-12,20,33H,4,13-17H2,1-2H3/t20-,27-/m0/s1. The van der Waals surface area contributed by atoms with Crippen LogP contribution in [0.4, 0.5) is 0 Å². The largest absolute Gasteiger partial charge is 0.508 e. The van der Waals surface area contributed by atoms with E-state index in [0.717, 1.165) is 64.3 Å². The van der Waals surface area contributed by atoms with Gasteiger partial charge in [-0.05, 0) is 62.1 Å². The van der Waals surface area contributed by atoms with E-state index in [1.165, 1.54) is 18.5 Å². The number of phenols is 1. The minimum atomic E-state index is 0.325. The molecule has 0 spiro atoms. The molecule has 0 bridgehead atoms. The minimum Gasteiger partial charge on any atom is -0.508 e. The summed E-state index contributed by atoms with van der Waals surface area (Å²) in [7, 11) is 2.05. The van der Waals surface area contributed by atoms with Crippen molar-refractivity contribution < 1.29 is 5.11 Å². The van der Waals surface area contributed by atoms with Crippen LogP contribution >= 0.6 is 11.8 Å². The second kappa shape index (κ2) is 8.40. The zero-order valence-electron chi connectivity index (χ0n) is 19.6. The Morgan fingerprint density at radius 2 is 1.94 bits per heavy atom. The Bertz CT molecular complexity index is 1350. The van der Waals surface area contributed by atoms with Crippen molar-refractivity contribution in [3.8, 4) is 17.1 Å². The molecule has 1 N–H and O–H groups in total. The van der Waals surface area contributed by atoms with Crippen molar-refractivity contribution in [2.45, 2.75) is 30.3 Å². The number of nitrogens with zero attached hydrogens (tertiary/aromatic N) is 5. The Morgan fingerprint density at radius 3 is 2.79 bits per heavy atom. The average Bonchev–Trinajstić information content (AvgIpc) is 3.21. The number of hydrogen-bond donors (Lipinski definition) is 1. The van der Waals surface area contributed by atoms with Crippen molar-refractivity contribution in [2.24, 2.45) is 13.0 Å². The highest BCUT2D eigenvalue weighted by atomic mass is 32.2. The van der Waals surface area contributed by atoms with Crippen LogP contribution in [0.25, 0.3) is 22.3 Å². The Kier molecular flexibility index (Phi) is 5.34. The molecule has 2 aliphatic rings. The van der Waals surface area contributed by atoms with E-state index >= 15 is 0 Å². The number of pyridine rings is 1. The fourth-order valence-electron chi connectivity index (χ4n) is 5.58. The lowest BCUT2D eigenvalue weighted by Crippen LogP contribution is -2.27. The number of likely N-dealkylation sites (tertiary alicyclic amines) is 1. The molecule has 0 unspecified atom stereocenters. The predicted molar refractivity (Wildman–Crippen MR) is 136 cm³/mol. The molecule has 2 fully saturated rings. The van der Waals surface area contributed by atoms with Crippen LogP contribution in [0.5, 0.6) is 5.75 Å². The molecule has 1 aliphatic heterocycles. The Morgan fingerprint density at radius 1 is 1.09 bits per heavy atom. The van der Waals surface area contributed by atoms with Gasteiger partial charge in [0.25, 0.3) is 0 Å². The van der Waals surface area contributed by atoms with Gasteiger partial charge in [0, 0.05) is 47.9 Å². The van der Waals surface area contributed by atoms with Gasteiger partial charge in [-0.1, -0.05) is 42.1 Å². The van der Waals surface area contributed by atoms with Crippen LogP contribution in [-0.2, 0) is 12.5 Å². The number of piperidine rings is 1. The van der Waals surface area contributed by atoms with E-state index < -0.39 is 0 Å². The second-order valence-corrected chi connectivity index (χ2v) is 10.8. The van der Waals surface area contributed by atoms with E-state index in [2.05, 4.69) is 48.9 Å². The summed E-state index contributed by atoms with van der Waals surface area (Å²) in [4.78, 5) is 7.26. The molecule has 1 aliphatic carbocycles. The molecule has 1 saturated heterocycles. The molecule has 3 heterocycles. The van der Waals surface area contributed by atoms with E-state index in [1.54, 1.807) is 11.8 Å². The van der Waals surface area contributed by atoms with Gasteiger partial charge < -0.3 is 14.6 Å². The fraction of sp³-hybridized carbons (Fsp3) is 0.370. The molecule has 2 aromatic heterocycles. The number of aromatic nitrogens is 4. The number of aryl methyl sites for hydroxylation is 1. The number of thioether (sulfide) groups is 1. The first kappa shape index (κ1) is 21.6. The smallest absolute Gasteiger partial charge is 0.191 e. The molecule has 174 valence electrons. The van der Waals surface area contributed by atoms with Crippen LogP contribution in [0.15, 0.2) is 59.8 Å². The van der Waals surface area contributed by atoms with Crippen molar-refractivity contribution in [1.82, 2.24) is 24.6 Å². The highest BCUT2D eigenvalue weighted by Gasteiger charge is 2.60. The lowest BCUT2D eigenvalue weighted by Gasteiger charge is -2.21. The first-order chi connectivity index (χ1) is 16.5. The molecule has 2 aromatic carbocycles. The van der Waals surface area contributed by atoms with Crippen molar-refractivity contribution >= 4 is 22.7 Å². The van der Waals surface area contributed by atoms with E-state index in [1.807, 2.05) is 44.3 Å². The van der Waals surface area contributed by atoms with Crippen molar-refractivity contribution in [3.05, 3.63) is 65.9 Å². The maximum atomic E-state index is 9.60. The summed E-state index contributed by atoms with van der Waals surface area (Å²) in [5.74, 6) is 3.03. The van der Waals surface area contributed by atoms with Gasteiger partial charge in [0.05, 0.1) is 5.52 Å². The predicted octanol–water partition coefficient (Wildman–Crippen LogP) is 4.80. The van der Waals surface area contributed by atoms with Crippen LogP contribution in [0.3, 0.4) is 0 Å². The summed E-state index contributed by atoms with van der Waals surface area (Å²) in [6.45, 7) is 5.45. The number of aromatic hydroxyl groups is 1. The summed E-state index contributed by atoms with van der Waals surface area (Å²) in [5, 5.41) is 20.7. The van der Waals surface area contributed by atoms with Crippen LogP contribution in [0.1, 0.15) is 24.1 Å². The van der Waals surface area contributed by atoms with E-state index in [9.17, 15) is 5.11 Å². The quantitative estimate of drug-likeness (QED) is 0.309. The van der Waals surface area contributed by atoms with Crippen molar-refractivity contribution in [2.75, 3.05) is 25.4 Å². The molecule has 4 aromatic rings. The Balaban J connectivity index is 1.06. The summed E-state index contributed by atoms with van der Waals surface area (Å²) >= 11 is 1.78. The SMILES string of the molecule is Cc1ccc2c(-c3nnc(SCCCN4C[C@@H]5C[C@@]5(c5ccc(O)cc5)C4)n3C)cccc2n1. The molecule has 34 heavy (non-hydrogen) atoms. The molecule has 1 saturated carbocycles. The molecule has 2 atom stereocenters. The molecule has 0 radical (unpaired) electrons. The number of rotatable bonds is 7. The lowest BCUT2D eigenvalue weighted by molar-refractivity contribution is 0.299. The zero-order valence-corrected chi connectivity index (χ0v) is 20.4. The second-order valence-electron chi connectivity index (χ2n) is 9.73. The van der Waals surface area contributed by atoms with Crippen LogP contribution in [0, 0.1) is 12.8 Å². The van der Waals surface area contributed by atoms with Gasteiger partial charge >= 0.3 is 0 Å². The van der Waals surface area contributed by atoms with Gasteiger partial charge in [-0.15, -0.1) is 10.2 Å².